The maximum absolute atomic E-state index is 14.1. The Hall–Kier alpha value is -2.15. The highest BCUT2D eigenvalue weighted by molar-refractivity contribution is 5.58. The largest absolute Gasteiger partial charge is 0.389 e. The summed E-state index contributed by atoms with van der Waals surface area (Å²) < 4.78 is 46.1. The van der Waals surface area contributed by atoms with E-state index in [-0.39, 0.29) is 38.3 Å². The molecule has 1 aromatic heterocycles. The fourth-order valence-corrected chi connectivity index (χ4v) is 3.83. The molecule has 0 amide bonds. The van der Waals surface area contributed by atoms with Gasteiger partial charge in [-0.15, -0.1) is 0 Å². The topological polar surface area (TPSA) is 119 Å². The lowest BCUT2D eigenvalue weighted by molar-refractivity contribution is -0.0894. The molecule has 0 spiro atoms. The first-order valence-electron chi connectivity index (χ1n) is 11.2. The Labute approximate surface area is 195 Å². The van der Waals surface area contributed by atoms with Gasteiger partial charge in [0.15, 0.2) is 0 Å². The van der Waals surface area contributed by atoms with Crippen molar-refractivity contribution in [3.8, 4) is 11.3 Å². The summed E-state index contributed by atoms with van der Waals surface area (Å²) in [5.74, 6) is -1.42. The van der Waals surface area contributed by atoms with Crippen molar-refractivity contribution in [1.29, 1.82) is 0 Å². The Morgan fingerprint density at radius 2 is 1.59 bits per heavy atom. The molecule has 34 heavy (non-hydrogen) atoms. The van der Waals surface area contributed by atoms with Gasteiger partial charge in [-0.2, -0.15) is 10.2 Å². The van der Waals surface area contributed by atoms with Crippen molar-refractivity contribution in [2.45, 2.75) is 56.5 Å². The monoisotopic (exact) mass is 485 g/mol. The van der Waals surface area contributed by atoms with E-state index in [1.54, 1.807) is 17.0 Å². The Morgan fingerprint density at radius 3 is 2.18 bits per heavy atom. The number of alkyl halides is 1. The molecule has 0 bridgehead atoms. The highest BCUT2D eigenvalue weighted by Crippen LogP contribution is 2.19. The van der Waals surface area contributed by atoms with Gasteiger partial charge in [0.05, 0.1) is 36.8 Å². The summed E-state index contributed by atoms with van der Waals surface area (Å²) in [6.45, 7) is 0.632. The average Bonchev–Trinajstić information content (AvgIpc) is 2.88. The molecule has 4 N–H and O–H groups in total. The average molecular weight is 486 g/mol. The second-order valence-corrected chi connectivity index (χ2v) is 8.55. The number of aromatic nitrogens is 2. The van der Waals surface area contributed by atoms with Crippen LogP contribution in [0.5, 0.6) is 0 Å². The van der Waals surface area contributed by atoms with E-state index in [0.29, 0.717) is 30.8 Å². The van der Waals surface area contributed by atoms with E-state index in [1.165, 1.54) is 0 Å². The quantitative estimate of drug-likeness (QED) is 0.371. The first-order chi connectivity index (χ1) is 16.2. The van der Waals surface area contributed by atoms with Crippen LogP contribution in [-0.4, -0.2) is 92.4 Å². The van der Waals surface area contributed by atoms with Gasteiger partial charge in [-0.25, -0.2) is 13.2 Å². The maximum Gasteiger partial charge on any atom is 0.126 e. The van der Waals surface area contributed by atoms with E-state index in [4.69, 9.17) is 4.74 Å². The summed E-state index contributed by atoms with van der Waals surface area (Å²) in [7, 11) is 0. The van der Waals surface area contributed by atoms with Crippen molar-refractivity contribution in [2.75, 3.05) is 26.2 Å². The second-order valence-electron chi connectivity index (χ2n) is 8.55. The predicted octanol–water partition coefficient (Wildman–Crippen LogP) is 1.21. The van der Waals surface area contributed by atoms with E-state index in [2.05, 4.69) is 10.2 Å². The van der Waals surface area contributed by atoms with Crippen molar-refractivity contribution >= 4 is 0 Å². The van der Waals surface area contributed by atoms with Gasteiger partial charge < -0.3 is 25.2 Å². The summed E-state index contributed by atoms with van der Waals surface area (Å²) in [5, 5.41) is 47.1. The van der Waals surface area contributed by atoms with E-state index in [1.807, 2.05) is 0 Å². The zero-order chi connectivity index (χ0) is 24.7. The molecule has 1 aliphatic rings. The molecule has 2 heterocycles. The molecule has 1 saturated heterocycles. The molecule has 0 aliphatic carbocycles. The summed E-state index contributed by atoms with van der Waals surface area (Å²) in [6, 6.07) is 6.23. The Balaban J connectivity index is 1.33. The van der Waals surface area contributed by atoms with Gasteiger partial charge in [0.2, 0.25) is 0 Å². The molecule has 2 aromatic rings. The van der Waals surface area contributed by atoms with Crippen LogP contribution in [0, 0.1) is 11.6 Å². The summed E-state index contributed by atoms with van der Waals surface area (Å²) in [4.78, 5) is 1.74. The van der Waals surface area contributed by atoms with Crippen LogP contribution >= 0.6 is 0 Å². The molecule has 1 fully saturated rings. The number of ether oxygens (including phenoxy) is 1. The highest BCUT2D eigenvalue weighted by atomic mass is 19.1. The van der Waals surface area contributed by atoms with Crippen LogP contribution in [0.15, 0.2) is 30.3 Å². The predicted molar refractivity (Wildman–Crippen MR) is 116 cm³/mol. The van der Waals surface area contributed by atoms with Crippen molar-refractivity contribution in [1.82, 2.24) is 15.1 Å². The first-order valence-corrected chi connectivity index (χ1v) is 11.2. The molecule has 1 aromatic carbocycles. The lowest BCUT2D eigenvalue weighted by Crippen LogP contribution is -2.43. The van der Waals surface area contributed by atoms with Crippen LogP contribution in [0.1, 0.15) is 25.0 Å². The fraction of sp³-hybridized carbons (Fsp3) is 0.565. The van der Waals surface area contributed by atoms with Gasteiger partial charge in [-0.05, 0) is 50.1 Å². The minimum absolute atomic E-state index is 0.0411. The lowest BCUT2D eigenvalue weighted by atomic mass is 10.1. The molecule has 8 nitrogen and oxygen atoms in total. The van der Waals surface area contributed by atoms with Crippen LogP contribution < -0.4 is 0 Å². The number of β-amino-alcohol motifs (C(OH)–C–C–N with tert-alkyl or cyclic N) is 2. The summed E-state index contributed by atoms with van der Waals surface area (Å²) >= 11 is 0. The third-order valence-electron chi connectivity index (χ3n) is 5.70. The molecular weight excluding hydrogens is 455 g/mol. The van der Waals surface area contributed by atoms with Crippen LogP contribution in [0.2, 0.25) is 0 Å². The molecular formula is C23H30F3N3O5. The molecule has 0 radical (unpaired) electrons. The SMILES string of the molecule is O[C@H]1[C@H](O)[C@@H](O)CN(CCCC[C@@H](F)COCc2ccc(-c3cc(F)cc(F)c3)nn2)C[C@@H]1O. The van der Waals surface area contributed by atoms with E-state index >= 15 is 0 Å². The molecule has 188 valence electrons. The molecule has 3 rings (SSSR count). The minimum Gasteiger partial charge on any atom is -0.389 e. The summed E-state index contributed by atoms with van der Waals surface area (Å²) in [5.41, 5.74) is 1.02. The van der Waals surface area contributed by atoms with Gasteiger partial charge >= 0.3 is 0 Å². The third kappa shape index (κ3) is 7.69. The standard InChI is InChI=1S/C23H30F3N3O5/c24-15(3-1-2-6-29-10-20(30)22(32)23(33)21(31)11-29)12-34-13-18-4-5-19(28-27-18)14-7-16(25)9-17(26)8-14/h4-5,7-9,15,20-23,30-33H,1-3,6,10-13H2/t15-,20+,21+,22-,23-/m1/s1. The van der Waals surface area contributed by atoms with Crippen molar-refractivity contribution in [3.63, 3.8) is 0 Å². The van der Waals surface area contributed by atoms with Gasteiger partial charge in [-0.3, -0.25) is 4.90 Å². The zero-order valence-corrected chi connectivity index (χ0v) is 18.6. The normalized spacial score (nSPS) is 24.7. The third-order valence-corrected chi connectivity index (χ3v) is 5.70. The highest BCUT2D eigenvalue weighted by Gasteiger charge is 2.35. The van der Waals surface area contributed by atoms with Gasteiger partial charge in [0.1, 0.15) is 30.0 Å². The maximum atomic E-state index is 14.1. The fourth-order valence-electron chi connectivity index (χ4n) is 3.83. The number of hydrogen-bond acceptors (Lipinski definition) is 8. The Morgan fingerprint density at radius 1 is 0.941 bits per heavy atom. The van der Waals surface area contributed by atoms with Crippen molar-refractivity contribution in [3.05, 3.63) is 47.7 Å². The second kappa shape index (κ2) is 12.5. The van der Waals surface area contributed by atoms with Gasteiger partial charge in [-0.1, -0.05) is 0 Å². The number of likely N-dealkylation sites (tertiary alicyclic amines) is 1. The number of aliphatic hydroxyl groups is 4. The number of unbranched alkanes of at least 4 members (excludes halogenated alkanes) is 1. The number of aliphatic hydroxyl groups excluding tert-OH is 4. The van der Waals surface area contributed by atoms with Crippen LogP contribution in [-0.2, 0) is 11.3 Å². The molecule has 1 aliphatic heterocycles. The first kappa shape index (κ1) is 26.5. The number of halogens is 3. The summed E-state index contributed by atoms with van der Waals surface area (Å²) in [6.07, 6.45) is -4.90. The van der Waals surface area contributed by atoms with E-state index in [0.717, 1.165) is 18.2 Å². The number of benzene rings is 1. The van der Waals surface area contributed by atoms with Crippen molar-refractivity contribution in [2.24, 2.45) is 0 Å². The molecule has 11 heteroatoms. The molecule has 5 atom stereocenters. The van der Waals surface area contributed by atoms with E-state index < -0.39 is 42.2 Å². The number of rotatable bonds is 10. The molecule has 0 unspecified atom stereocenters. The Kier molecular flexibility index (Phi) is 9.74. The van der Waals surface area contributed by atoms with Gasteiger partial charge in [0, 0.05) is 24.7 Å². The lowest BCUT2D eigenvalue weighted by Gasteiger charge is -2.23. The minimum atomic E-state index is -1.41. The van der Waals surface area contributed by atoms with E-state index in [9.17, 15) is 33.6 Å². The zero-order valence-electron chi connectivity index (χ0n) is 18.6. The number of nitrogens with zero attached hydrogens (tertiary/aromatic N) is 3. The van der Waals surface area contributed by atoms with Crippen LogP contribution in [0.25, 0.3) is 11.3 Å². The smallest absolute Gasteiger partial charge is 0.126 e. The van der Waals surface area contributed by atoms with Gasteiger partial charge in [0.25, 0.3) is 0 Å². The Bertz CT molecular complexity index is 872. The van der Waals surface area contributed by atoms with Crippen LogP contribution in [0.4, 0.5) is 13.2 Å². The molecule has 0 saturated carbocycles. The van der Waals surface area contributed by atoms with Crippen molar-refractivity contribution < 1.29 is 38.3 Å². The van der Waals surface area contributed by atoms with Crippen LogP contribution in [0.3, 0.4) is 0 Å². The number of hydrogen-bond donors (Lipinski definition) is 4.